The summed E-state index contributed by atoms with van der Waals surface area (Å²) in [5.41, 5.74) is 0.0314. The second kappa shape index (κ2) is 6.41. The van der Waals surface area contributed by atoms with E-state index in [1.165, 1.54) is 0 Å². The molecule has 3 nitrogen and oxygen atoms in total. The van der Waals surface area contributed by atoms with Crippen molar-refractivity contribution in [2.75, 3.05) is 5.33 Å². The smallest absolute Gasteiger partial charge is 0.287 e. The van der Waals surface area contributed by atoms with E-state index in [0.717, 1.165) is 23.9 Å². The van der Waals surface area contributed by atoms with Gasteiger partial charge < -0.3 is 9.73 Å². The molecule has 0 aliphatic carbocycles. The predicted octanol–water partition coefficient (Wildman–Crippen LogP) is 3.77. The third-order valence-corrected chi connectivity index (χ3v) is 3.44. The standard InChI is InChI=1S/C14H22BrNO2/c1-5-10-6-7-11(18-10)13(17)16-12(8-9-15)14(2,3)4/h6-7,12H,5,8-9H2,1-4H3,(H,16,17). The molecule has 1 unspecified atom stereocenters. The van der Waals surface area contributed by atoms with Gasteiger partial charge in [0.1, 0.15) is 5.76 Å². The molecule has 0 radical (unpaired) electrons. The Morgan fingerprint density at radius 1 is 1.44 bits per heavy atom. The topological polar surface area (TPSA) is 42.2 Å². The van der Waals surface area contributed by atoms with Crippen molar-refractivity contribution in [1.82, 2.24) is 5.32 Å². The average molecular weight is 316 g/mol. The summed E-state index contributed by atoms with van der Waals surface area (Å²) in [4.78, 5) is 12.1. The molecule has 1 heterocycles. The van der Waals surface area contributed by atoms with Crippen molar-refractivity contribution >= 4 is 21.8 Å². The summed E-state index contributed by atoms with van der Waals surface area (Å²) in [5.74, 6) is 1.11. The van der Waals surface area contributed by atoms with Crippen molar-refractivity contribution in [2.24, 2.45) is 5.41 Å². The quantitative estimate of drug-likeness (QED) is 0.840. The number of nitrogens with one attached hydrogen (secondary N) is 1. The summed E-state index contributed by atoms with van der Waals surface area (Å²) < 4.78 is 5.46. The van der Waals surface area contributed by atoms with E-state index in [9.17, 15) is 4.79 Å². The van der Waals surface area contributed by atoms with E-state index in [1.807, 2.05) is 13.0 Å². The molecule has 0 spiro atoms. The number of halogens is 1. The Kier molecular flexibility index (Phi) is 5.45. The first-order chi connectivity index (χ1) is 8.38. The molecule has 1 rings (SSSR count). The first-order valence-corrected chi connectivity index (χ1v) is 7.46. The maximum absolute atomic E-state index is 12.1. The second-order valence-electron chi connectivity index (χ2n) is 5.49. The first-order valence-electron chi connectivity index (χ1n) is 6.34. The van der Waals surface area contributed by atoms with Crippen LogP contribution in [0.25, 0.3) is 0 Å². The van der Waals surface area contributed by atoms with Crippen molar-refractivity contribution in [3.8, 4) is 0 Å². The Morgan fingerprint density at radius 3 is 2.56 bits per heavy atom. The predicted molar refractivity (Wildman–Crippen MR) is 77.2 cm³/mol. The van der Waals surface area contributed by atoms with E-state index in [2.05, 4.69) is 42.0 Å². The molecule has 0 aliphatic heterocycles. The number of alkyl halides is 1. The van der Waals surface area contributed by atoms with E-state index in [0.29, 0.717) is 5.76 Å². The molecule has 0 bridgehead atoms. The summed E-state index contributed by atoms with van der Waals surface area (Å²) in [5, 5.41) is 3.92. The number of furan rings is 1. The molecule has 102 valence electrons. The van der Waals surface area contributed by atoms with Gasteiger partial charge in [0.2, 0.25) is 0 Å². The lowest BCUT2D eigenvalue weighted by atomic mass is 9.85. The number of carbonyl (C=O) groups excluding carboxylic acids is 1. The zero-order chi connectivity index (χ0) is 13.8. The van der Waals surface area contributed by atoms with E-state index in [4.69, 9.17) is 4.42 Å². The fourth-order valence-corrected chi connectivity index (χ4v) is 2.21. The summed E-state index contributed by atoms with van der Waals surface area (Å²) in [6.07, 6.45) is 1.70. The molecule has 1 atom stereocenters. The SMILES string of the molecule is CCc1ccc(C(=O)NC(CCBr)C(C)(C)C)o1. The minimum atomic E-state index is -0.129. The molecule has 0 fully saturated rings. The Morgan fingerprint density at radius 2 is 2.11 bits per heavy atom. The van der Waals surface area contributed by atoms with Crippen LogP contribution >= 0.6 is 15.9 Å². The van der Waals surface area contributed by atoms with Crippen molar-refractivity contribution in [3.05, 3.63) is 23.7 Å². The van der Waals surface area contributed by atoms with Crippen molar-refractivity contribution in [2.45, 2.75) is 46.6 Å². The summed E-state index contributed by atoms with van der Waals surface area (Å²) >= 11 is 3.43. The van der Waals surface area contributed by atoms with Gasteiger partial charge in [-0.1, -0.05) is 43.6 Å². The number of carbonyl (C=O) groups is 1. The molecule has 18 heavy (non-hydrogen) atoms. The molecule has 1 N–H and O–H groups in total. The molecule has 0 aromatic carbocycles. The van der Waals surface area contributed by atoms with Gasteiger partial charge in [-0.05, 0) is 24.0 Å². The van der Waals surface area contributed by atoms with Crippen LogP contribution in [-0.2, 0) is 6.42 Å². The van der Waals surface area contributed by atoms with Crippen molar-refractivity contribution in [1.29, 1.82) is 0 Å². The van der Waals surface area contributed by atoms with Crippen LogP contribution in [0.5, 0.6) is 0 Å². The molecule has 4 heteroatoms. The van der Waals surface area contributed by atoms with Gasteiger partial charge in [-0.2, -0.15) is 0 Å². The molecule has 1 amide bonds. The Balaban J connectivity index is 2.72. The summed E-state index contributed by atoms with van der Waals surface area (Å²) in [7, 11) is 0. The highest BCUT2D eigenvalue weighted by atomic mass is 79.9. The van der Waals surface area contributed by atoms with Crippen LogP contribution in [0, 0.1) is 5.41 Å². The number of aryl methyl sites for hydroxylation is 1. The lowest BCUT2D eigenvalue weighted by Gasteiger charge is -2.30. The van der Waals surface area contributed by atoms with Crippen LogP contribution in [0.15, 0.2) is 16.5 Å². The molecule has 0 aliphatic rings. The molecular weight excluding hydrogens is 294 g/mol. The fraction of sp³-hybridized carbons (Fsp3) is 0.643. The van der Waals surface area contributed by atoms with Crippen molar-refractivity contribution in [3.63, 3.8) is 0 Å². The maximum atomic E-state index is 12.1. The molecular formula is C14H22BrNO2. The molecule has 1 aromatic rings. The number of hydrogen-bond donors (Lipinski definition) is 1. The second-order valence-corrected chi connectivity index (χ2v) is 6.28. The van der Waals surface area contributed by atoms with Gasteiger partial charge in [0, 0.05) is 17.8 Å². The Hall–Kier alpha value is -0.770. The van der Waals surface area contributed by atoms with Gasteiger partial charge in [0.05, 0.1) is 0 Å². The highest BCUT2D eigenvalue weighted by molar-refractivity contribution is 9.09. The first kappa shape index (κ1) is 15.3. The van der Waals surface area contributed by atoms with Crippen LogP contribution in [0.2, 0.25) is 0 Å². The average Bonchev–Trinajstić information content (AvgIpc) is 2.75. The zero-order valence-corrected chi connectivity index (χ0v) is 13.1. The normalized spacial score (nSPS) is 13.4. The lowest BCUT2D eigenvalue weighted by Crippen LogP contribution is -2.43. The number of hydrogen-bond acceptors (Lipinski definition) is 2. The summed E-state index contributed by atoms with van der Waals surface area (Å²) in [6.45, 7) is 8.38. The largest absolute Gasteiger partial charge is 0.456 e. The number of rotatable bonds is 5. The number of amides is 1. The maximum Gasteiger partial charge on any atom is 0.287 e. The molecule has 0 saturated carbocycles. The van der Waals surface area contributed by atoms with E-state index >= 15 is 0 Å². The van der Waals surface area contributed by atoms with Crippen LogP contribution in [0.4, 0.5) is 0 Å². The molecule has 0 saturated heterocycles. The Labute approximate surface area is 117 Å². The minimum absolute atomic E-state index is 0.0314. The van der Waals surface area contributed by atoms with E-state index in [-0.39, 0.29) is 17.4 Å². The van der Waals surface area contributed by atoms with Crippen molar-refractivity contribution < 1.29 is 9.21 Å². The minimum Gasteiger partial charge on any atom is -0.456 e. The third kappa shape index (κ3) is 4.16. The molecule has 1 aromatic heterocycles. The van der Waals surface area contributed by atoms with Gasteiger partial charge in [0.15, 0.2) is 5.76 Å². The highest BCUT2D eigenvalue weighted by Gasteiger charge is 2.26. The van der Waals surface area contributed by atoms with E-state index < -0.39 is 0 Å². The van der Waals surface area contributed by atoms with Gasteiger partial charge in [-0.15, -0.1) is 0 Å². The fourth-order valence-electron chi connectivity index (χ4n) is 1.75. The van der Waals surface area contributed by atoms with Gasteiger partial charge in [-0.3, -0.25) is 4.79 Å². The van der Waals surface area contributed by atoms with Gasteiger partial charge >= 0.3 is 0 Å². The van der Waals surface area contributed by atoms with Crippen LogP contribution in [-0.4, -0.2) is 17.3 Å². The summed E-state index contributed by atoms with van der Waals surface area (Å²) in [6, 6.07) is 3.72. The Bertz CT molecular complexity index is 393. The van der Waals surface area contributed by atoms with Crippen LogP contribution < -0.4 is 5.32 Å². The zero-order valence-electron chi connectivity index (χ0n) is 11.5. The van der Waals surface area contributed by atoms with Crippen LogP contribution in [0.1, 0.15) is 50.4 Å². The van der Waals surface area contributed by atoms with Crippen LogP contribution in [0.3, 0.4) is 0 Å². The monoisotopic (exact) mass is 315 g/mol. The highest BCUT2D eigenvalue weighted by Crippen LogP contribution is 2.23. The lowest BCUT2D eigenvalue weighted by molar-refractivity contribution is 0.0871. The van der Waals surface area contributed by atoms with E-state index in [1.54, 1.807) is 6.07 Å². The van der Waals surface area contributed by atoms with Gasteiger partial charge in [0.25, 0.3) is 5.91 Å². The third-order valence-electron chi connectivity index (χ3n) is 2.98. The van der Waals surface area contributed by atoms with Gasteiger partial charge in [-0.25, -0.2) is 0 Å².